The van der Waals surface area contributed by atoms with Crippen molar-refractivity contribution in [3.63, 3.8) is 0 Å². The lowest BCUT2D eigenvalue weighted by atomic mass is 9.95. The number of nitrogens with zero attached hydrogens (tertiary/aromatic N) is 7. The van der Waals surface area contributed by atoms with Gasteiger partial charge in [0.25, 0.3) is 0 Å². The third-order valence-corrected chi connectivity index (χ3v) is 10.1. The Morgan fingerprint density at radius 3 is 2.78 bits per heavy atom. The molecular formula is C37H33F2N7O4S. The van der Waals surface area contributed by atoms with Crippen LogP contribution < -0.4 is 9.47 Å². The zero-order chi connectivity index (χ0) is 35.2. The first-order valence-electron chi connectivity index (χ1n) is 16.4. The van der Waals surface area contributed by atoms with Crippen LogP contribution in [0.1, 0.15) is 25.6 Å². The first-order chi connectivity index (χ1) is 24.8. The quantitative estimate of drug-likeness (QED) is 0.212. The SMILES string of the molecule is CC#CC(O)N1CCn2nc(-c3nc4c5ccsc5c3-c3c(F)cc(F)cc3OCCOC/N=C/COc3cc5c(cnn5C)cc3-4)cc2[C@@H]1C. The molecule has 260 valence electrons. The number of rotatable bonds is 2. The average molecular weight is 710 g/mol. The van der Waals surface area contributed by atoms with Crippen molar-refractivity contribution in [1.82, 2.24) is 29.4 Å². The molecule has 0 saturated carbocycles. The maximum absolute atomic E-state index is 16.3. The number of hydrogen-bond donors (Lipinski definition) is 1. The molecule has 2 aromatic carbocycles. The van der Waals surface area contributed by atoms with Gasteiger partial charge in [-0.25, -0.2) is 13.8 Å². The largest absolute Gasteiger partial charge is 0.490 e. The maximum Gasteiger partial charge on any atom is 0.171 e. The molecule has 0 radical (unpaired) electrons. The van der Waals surface area contributed by atoms with Crippen LogP contribution in [-0.2, 0) is 18.3 Å². The van der Waals surface area contributed by atoms with Crippen LogP contribution in [0.4, 0.5) is 8.78 Å². The van der Waals surface area contributed by atoms with Crippen molar-refractivity contribution < 1.29 is 28.1 Å². The van der Waals surface area contributed by atoms with Crippen molar-refractivity contribution in [3.05, 3.63) is 65.3 Å². The van der Waals surface area contributed by atoms with E-state index in [9.17, 15) is 9.50 Å². The highest BCUT2D eigenvalue weighted by Crippen LogP contribution is 2.49. The van der Waals surface area contributed by atoms with Gasteiger partial charge in [0.1, 0.15) is 54.5 Å². The smallest absolute Gasteiger partial charge is 0.171 e. The van der Waals surface area contributed by atoms with Crippen LogP contribution in [0.2, 0.25) is 0 Å². The summed E-state index contributed by atoms with van der Waals surface area (Å²) in [5.41, 5.74) is 4.33. The van der Waals surface area contributed by atoms with E-state index in [0.29, 0.717) is 51.7 Å². The van der Waals surface area contributed by atoms with Crippen LogP contribution in [0.15, 0.2) is 53.0 Å². The first-order valence-corrected chi connectivity index (χ1v) is 17.3. The Kier molecular flexibility index (Phi) is 8.73. The van der Waals surface area contributed by atoms with Gasteiger partial charge in [-0.15, -0.1) is 17.3 Å². The van der Waals surface area contributed by atoms with Crippen molar-refractivity contribution in [2.45, 2.75) is 32.7 Å². The van der Waals surface area contributed by atoms with Gasteiger partial charge >= 0.3 is 0 Å². The van der Waals surface area contributed by atoms with Gasteiger partial charge in [-0.3, -0.25) is 19.3 Å². The molecule has 0 saturated heterocycles. The summed E-state index contributed by atoms with van der Waals surface area (Å²) in [7, 11) is 1.86. The predicted molar refractivity (Wildman–Crippen MR) is 191 cm³/mol. The van der Waals surface area contributed by atoms with Gasteiger partial charge in [0.05, 0.1) is 47.9 Å². The molecule has 1 N–H and O–H groups in total. The van der Waals surface area contributed by atoms with Crippen LogP contribution >= 0.6 is 11.3 Å². The second-order valence-corrected chi connectivity index (χ2v) is 13.1. The standard InChI is InChI=1S/C37H33F2N7O4S/c1-4-5-32(47)45-8-9-46-28(21(45)2)17-27(43-46)36-34-33-26(39)15-23(38)16-31(33)50-12-11-48-20-40-7-10-49-30-18-29-22(19-41-44(29)3)14-25(30)35(42-36)24-6-13-51-37(24)34/h6-7,13-19,21,32,47H,8-12,20H2,1-3H3/b40-7+/t21-,32?/m0/s1. The van der Waals surface area contributed by atoms with Crippen LogP contribution in [0.5, 0.6) is 11.5 Å². The number of hydrogen-bond acceptors (Lipinski definition) is 10. The average Bonchev–Trinajstić information content (AvgIpc) is 3.86. The van der Waals surface area contributed by atoms with E-state index in [4.69, 9.17) is 24.3 Å². The summed E-state index contributed by atoms with van der Waals surface area (Å²) in [4.78, 5) is 11.5. The van der Waals surface area contributed by atoms with E-state index in [1.54, 1.807) is 24.0 Å². The summed E-state index contributed by atoms with van der Waals surface area (Å²) in [5, 5.41) is 23.8. The van der Waals surface area contributed by atoms with E-state index in [-0.39, 0.29) is 43.9 Å². The molecule has 1 unspecified atom stereocenters. The summed E-state index contributed by atoms with van der Waals surface area (Å²) in [6.45, 7) is 5.06. The van der Waals surface area contributed by atoms with E-state index in [2.05, 4.69) is 21.9 Å². The van der Waals surface area contributed by atoms with Crippen LogP contribution in [0.3, 0.4) is 0 Å². The van der Waals surface area contributed by atoms with Gasteiger partial charge in [-0.05, 0) is 37.4 Å². The van der Waals surface area contributed by atoms with Gasteiger partial charge in [0, 0.05) is 64.6 Å². The Morgan fingerprint density at radius 1 is 1.04 bits per heavy atom. The van der Waals surface area contributed by atoms with Gasteiger partial charge in [0.2, 0.25) is 0 Å². The number of benzene rings is 2. The highest BCUT2D eigenvalue weighted by molar-refractivity contribution is 7.18. The maximum atomic E-state index is 16.3. The molecule has 0 spiro atoms. The molecule has 8 rings (SSSR count). The molecule has 2 aliphatic heterocycles. The second-order valence-electron chi connectivity index (χ2n) is 12.2. The number of fused-ring (bicyclic) bond motifs is 6. The minimum absolute atomic E-state index is 0.0139. The molecule has 6 heterocycles. The van der Waals surface area contributed by atoms with Gasteiger partial charge in [-0.1, -0.05) is 5.92 Å². The highest BCUT2D eigenvalue weighted by Gasteiger charge is 2.32. The van der Waals surface area contributed by atoms with Gasteiger partial charge in [0.15, 0.2) is 6.23 Å². The number of pyridine rings is 1. The van der Waals surface area contributed by atoms with Crippen LogP contribution in [0.25, 0.3) is 54.8 Å². The number of thiophene rings is 1. The monoisotopic (exact) mass is 709 g/mol. The summed E-state index contributed by atoms with van der Waals surface area (Å²) < 4.78 is 53.5. The summed E-state index contributed by atoms with van der Waals surface area (Å²) in [6.07, 6.45) is 2.46. The topological polar surface area (TPSA) is 112 Å². The Balaban J connectivity index is 1.42. The van der Waals surface area contributed by atoms with Crippen molar-refractivity contribution in [2.24, 2.45) is 12.0 Å². The molecule has 0 amide bonds. The first kappa shape index (κ1) is 33.0. The fraction of sp³-hybridized carbons (Fsp3) is 0.297. The number of aryl methyl sites for hydroxylation is 1. The molecular weight excluding hydrogens is 677 g/mol. The summed E-state index contributed by atoms with van der Waals surface area (Å²) in [6, 6.07) is 9.54. The van der Waals surface area contributed by atoms with Crippen molar-refractivity contribution in [2.75, 3.05) is 33.1 Å². The molecule has 0 fully saturated rings. The molecule has 2 bridgehead atoms. The summed E-state index contributed by atoms with van der Waals surface area (Å²) >= 11 is 1.41. The molecule has 2 aliphatic rings. The second kappa shape index (κ2) is 13.5. The minimum atomic E-state index is -0.946. The zero-order valence-electron chi connectivity index (χ0n) is 28.1. The molecule has 4 aromatic heterocycles. The number of aliphatic hydroxyl groups excluding tert-OH is 1. The van der Waals surface area contributed by atoms with E-state index in [1.165, 1.54) is 17.4 Å². The molecule has 6 aromatic rings. The van der Waals surface area contributed by atoms with Crippen molar-refractivity contribution in [3.8, 4) is 57.1 Å². The number of aliphatic imine (C=N–C) groups is 1. The number of aliphatic hydroxyl groups is 1. The predicted octanol–water partition coefficient (Wildman–Crippen LogP) is 6.19. The Labute approximate surface area is 295 Å². The number of aromatic nitrogens is 5. The van der Waals surface area contributed by atoms with Gasteiger partial charge < -0.3 is 19.3 Å². The lowest BCUT2D eigenvalue weighted by molar-refractivity contribution is 0.00330. The third kappa shape index (κ3) is 5.91. The van der Waals surface area contributed by atoms with Crippen molar-refractivity contribution in [1.29, 1.82) is 0 Å². The van der Waals surface area contributed by atoms with E-state index in [0.717, 1.165) is 28.0 Å². The number of halogens is 2. The normalized spacial score (nSPS) is 17.8. The molecule has 2 atom stereocenters. The highest BCUT2D eigenvalue weighted by atomic mass is 32.1. The Hall–Kier alpha value is -5.20. The van der Waals surface area contributed by atoms with E-state index < -0.39 is 17.9 Å². The molecule has 0 aliphatic carbocycles. The summed E-state index contributed by atoms with van der Waals surface area (Å²) in [5.74, 6) is 4.62. The van der Waals surface area contributed by atoms with Gasteiger partial charge in [-0.2, -0.15) is 10.2 Å². The third-order valence-electron chi connectivity index (χ3n) is 9.21. The fourth-order valence-corrected chi connectivity index (χ4v) is 7.73. The Morgan fingerprint density at radius 2 is 1.92 bits per heavy atom. The van der Waals surface area contributed by atoms with Crippen molar-refractivity contribution >= 4 is 38.5 Å². The molecule has 14 heteroatoms. The molecule has 11 nitrogen and oxygen atoms in total. The zero-order valence-corrected chi connectivity index (χ0v) is 28.9. The Bertz CT molecular complexity index is 2390. The molecule has 51 heavy (non-hydrogen) atoms. The lowest BCUT2D eigenvalue weighted by Crippen LogP contribution is -2.43. The number of ether oxygens (including phenoxy) is 3. The van der Waals surface area contributed by atoms with Crippen LogP contribution in [-0.4, -0.2) is 80.1 Å². The fourth-order valence-electron chi connectivity index (χ4n) is 6.78. The van der Waals surface area contributed by atoms with E-state index >= 15 is 4.39 Å². The lowest BCUT2D eigenvalue weighted by Gasteiger charge is -2.35. The minimum Gasteiger partial charge on any atom is -0.490 e. The van der Waals surface area contributed by atoms with E-state index in [1.807, 2.05) is 53.2 Å². The van der Waals surface area contributed by atoms with Crippen LogP contribution in [0, 0.1) is 23.5 Å².